The molecule has 10 nitrogen and oxygen atoms in total. The van der Waals surface area contributed by atoms with Gasteiger partial charge in [-0.3, -0.25) is 9.59 Å². The molecule has 1 aliphatic heterocycles. The van der Waals surface area contributed by atoms with Gasteiger partial charge in [-0.2, -0.15) is 8.78 Å². The van der Waals surface area contributed by atoms with E-state index in [1.54, 1.807) is 32.2 Å². The van der Waals surface area contributed by atoms with Gasteiger partial charge in [-0.1, -0.05) is 31.2 Å². The van der Waals surface area contributed by atoms with E-state index < -0.39 is 36.3 Å². The van der Waals surface area contributed by atoms with Gasteiger partial charge in [-0.15, -0.1) is 0 Å². The molecule has 1 aromatic heterocycles. The Bertz CT molecular complexity index is 1780. The number of para-hydroxylation sites is 1. The summed E-state index contributed by atoms with van der Waals surface area (Å²) in [4.78, 5) is 48.7. The fourth-order valence-electron chi connectivity index (χ4n) is 5.86. The lowest BCUT2D eigenvalue weighted by Gasteiger charge is -2.36. The van der Waals surface area contributed by atoms with Crippen molar-refractivity contribution in [3.63, 3.8) is 0 Å². The standard InChI is InChI=1S/C34H37F3N6O4/c1-20-15-23(35)10-11-28(20)43-14-13-42(19-30(43)44)34(46)40-31(21(2)25-17-38-26-8-6-5-7-24(25)26)32(45)39-27-16-22(18-41(3)4)9-12-29(27)47-33(36)37/h5-12,15-17,21,31,33,38H,13-14,18-19H2,1-4H3,(H,39,45)(H,40,46)/t21-,31+/m0/s1. The Labute approximate surface area is 270 Å². The van der Waals surface area contributed by atoms with E-state index >= 15 is 0 Å². The quantitative estimate of drug-likeness (QED) is 0.212. The number of aromatic nitrogens is 1. The van der Waals surface area contributed by atoms with E-state index in [1.165, 1.54) is 34.1 Å². The van der Waals surface area contributed by atoms with Gasteiger partial charge in [0.05, 0.1) is 5.69 Å². The summed E-state index contributed by atoms with van der Waals surface area (Å²) in [6.45, 7) is 0.886. The topological polar surface area (TPSA) is 110 Å². The van der Waals surface area contributed by atoms with Gasteiger partial charge >= 0.3 is 12.6 Å². The first-order valence-electron chi connectivity index (χ1n) is 15.1. The van der Waals surface area contributed by atoms with Crippen LogP contribution < -0.4 is 20.3 Å². The van der Waals surface area contributed by atoms with Crippen LogP contribution in [0.25, 0.3) is 10.9 Å². The second-order valence-corrected chi connectivity index (χ2v) is 11.8. The average molecular weight is 651 g/mol. The minimum absolute atomic E-state index is 0.0264. The number of rotatable bonds is 10. The summed E-state index contributed by atoms with van der Waals surface area (Å²) in [5, 5.41) is 6.36. The summed E-state index contributed by atoms with van der Waals surface area (Å²) in [5.74, 6) is -2.26. The predicted molar refractivity (Wildman–Crippen MR) is 173 cm³/mol. The lowest BCUT2D eigenvalue weighted by Crippen LogP contribution is -2.58. The van der Waals surface area contributed by atoms with Crippen LogP contribution in [0.4, 0.5) is 29.3 Å². The van der Waals surface area contributed by atoms with Gasteiger partial charge < -0.3 is 35.1 Å². The Morgan fingerprint density at radius 2 is 1.83 bits per heavy atom. The first-order valence-corrected chi connectivity index (χ1v) is 15.1. The zero-order valence-corrected chi connectivity index (χ0v) is 26.5. The molecule has 47 heavy (non-hydrogen) atoms. The second-order valence-electron chi connectivity index (χ2n) is 11.8. The molecular weight excluding hydrogens is 613 g/mol. The van der Waals surface area contributed by atoms with Crippen molar-refractivity contribution in [3.8, 4) is 5.75 Å². The highest BCUT2D eigenvalue weighted by atomic mass is 19.3. The monoisotopic (exact) mass is 650 g/mol. The molecule has 5 rings (SSSR count). The number of urea groups is 1. The number of carbonyl (C=O) groups excluding carboxylic acids is 3. The molecule has 0 bridgehead atoms. The van der Waals surface area contributed by atoms with Crippen LogP contribution >= 0.6 is 0 Å². The number of ether oxygens (including phenoxy) is 1. The third kappa shape index (κ3) is 7.68. The number of nitrogens with zero attached hydrogens (tertiary/aromatic N) is 3. The Morgan fingerprint density at radius 3 is 2.53 bits per heavy atom. The molecule has 13 heteroatoms. The lowest BCUT2D eigenvalue weighted by atomic mass is 9.92. The maximum atomic E-state index is 14.0. The van der Waals surface area contributed by atoms with E-state index in [-0.39, 0.29) is 37.0 Å². The van der Waals surface area contributed by atoms with Crippen LogP contribution in [0, 0.1) is 12.7 Å². The van der Waals surface area contributed by atoms with Crippen molar-refractivity contribution < 1.29 is 32.3 Å². The first kappa shape index (κ1) is 33.3. The zero-order valence-electron chi connectivity index (χ0n) is 26.5. The van der Waals surface area contributed by atoms with Crippen LogP contribution in [0.5, 0.6) is 5.75 Å². The van der Waals surface area contributed by atoms with Crippen molar-refractivity contribution in [2.75, 3.05) is 43.9 Å². The van der Waals surface area contributed by atoms with Gasteiger partial charge in [-0.25, -0.2) is 9.18 Å². The Hall–Kier alpha value is -5.04. The highest BCUT2D eigenvalue weighted by Crippen LogP contribution is 2.32. The summed E-state index contributed by atoms with van der Waals surface area (Å²) in [5.41, 5.74) is 3.49. The van der Waals surface area contributed by atoms with E-state index in [1.807, 2.05) is 43.3 Å². The van der Waals surface area contributed by atoms with E-state index in [4.69, 9.17) is 4.74 Å². The molecule has 3 aromatic carbocycles. The van der Waals surface area contributed by atoms with Crippen LogP contribution in [0.3, 0.4) is 0 Å². The molecule has 0 saturated carbocycles. The van der Waals surface area contributed by atoms with Crippen LogP contribution in [-0.2, 0) is 16.1 Å². The molecule has 0 spiro atoms. The maximum absolute atomic E-state index is 14.0. The van der Waals surface area contributed by atoms with Gasteiger partial charge in [0.2, 0.25) is 11.8 Å². The number of hydrogen-bond acceptors (Lipinski definition) is 5. The van der Waals surface area contributed by atoms with Crippen molar-refractivity contribution in [2.45, 2.75) is 39.0 Å². The van der Waals surface area contributed by atoms with Crippen molar-refractivity contribution in [3.05, 3.63) is 89.4 Å². The number of hydrogen-bond donors (Lipinski definition) is 3. The predicted octanol–water partition coefficient (Wildman–Crippen LogP) is 5.45. The Balaban J connectivity index is 1.41. The van der Waals surface area contributed by atoms with Crippen LogP contribution in [0.2, 0.25) is 0 Å². The normalized spacial score (nSPS) is 14.9. The highest BCUT2D eigenvalue weighted by Gasteiger charge is 2.34. The van der Waals surface area contributed by atoms with Gasteiger partial charge in [0.1, 0.15) is 24.2 Å². The molecule has 0 unspecified atom stereocenters. The van der Waals surface area contributed by atoms with Crippen LogP contribution in [0.15, 0.2) is 66.9 Å². The van der Waals surface area contributed by atoms with Crippen LogP contribution in [0.1, 0.15) is 29.5 Å². The van der Waals surface area contributed by atoms with Gasteiger partial charge in [0.15, 0.2) is 0 Å². The van der Waals surface area contributed by atoms with Crippen molar-refractivity contribution in [1.82, 2.24) is 20.1 Å². The van der Waals surface area contributed by atoms with E-state index in [2.05, 4.69) is 15.6 Å². The van der Waals surface area contributed by atoms with E-state index in [0.717, 1.165) is 22.0 Å². The number of amides is 4. The Kier molecular flexibility index (Phi) is 10.0. The number of benzene rings is 3. The third-order valence-electron chi connectivity index (χ3n) is 8.15. The van der Waals surface area contributed by atoms with Gasteiger partial charge in [0.25, 0.3) is 0 Å². The van der Waals surface area contributed by atoms with Gasteiger partial charge in [-0.05, 0) is 74.1 Å². The lowest BCUT2D eigenvalue weighted by molar-refractivity contribution is -0.120. The zero-order chi connectivity index (χ0) is 33.8. The average Bonchev–Trinajstić information content (AvgIpc) is 3.45. The largest absolute Gasteiger partial charge is 0.433 e. The molecule has 0 radical (unpaired) electrons. The molecule has 0 aliphatic carbocycles. The van der Waals surface area contributed by atoms with Crippen molar-refractivity contribution in [2.24, 2.45) is 0 Å². The number of piperazine rings is 1. The minimum atomic E-state index is -3.12. The number of fused-ring (bicyclic) bond motifs is 1. The van der Waals surface area contributed by atoms with Crippen molar-refractivity contribution in [1.29, 1.82) is 0 Å². The number of anilines is 2. The summed E-state index contributed by atoms with van der Waals surface area (Å²) in [6, 6.07) is 14.4. The van der Waals surface area contributed by atoms with Gasteiger partial charge in [0, 0.05) is 48.3 Å². The van der Waals surface area contributed by atoms with Crippen LogP contribution in [-0.4, -0.2) is 79.0 Å². The number of nitrogens with one attached hydrogen (secondary N) is 3. The molecule has 2 atom stereocenters. The second kappa shape index (κ2) is 14.2. The minimum Gasteiger partial charge on any atom is -0.433 e. The van der Waals surface area contributed by atoms with Crippen molar-refractivity contribution >= 4 is 40.1 Å². The SMILES string of the molecule is Cc1cc(F)ccc1N1CCN(C(=O)N[C@@H](C(=O)Nc2cc(CN(C)C)ccc2OC(F)F)[C@@H](C)c2c[nH]c3ccccc23)CC1=O. The molecule has 4 amide bonds. The third-order valence-corrected chi connectivity index (χ3v) is 8.15. The number of alkyl halides is 2. The molecule has 2 heterocycles. The van der Waals surface area contributed by atoms with E-state index in [0.29, 0.717) is 17.8 Å². The fraction of sp³-hybridized carbons (Fsp3) is 0.324. The molecule has 1 saturated heterocycles. The number of aromatic amines is 1. The molecule has 1 fully saturated rings. The molecule has 1 aliphatic rings. The maximum Gasteiger partial charge on any atom is 0.387 e. The fourth-order valence-corrected chi connectivity index (χ4v) is 5.86. The first-order chi connectivity index (χ1) is 22.4. The smallest absolute Gasteiger partial charge is 0.387 e. The molecule has 3 N–H and O–H groups in total. The Morgan fingerprint density at radius 1 is 1.06 bits per heavy atom. The summed E-state index contributed by atoms with van der Waals surface area (Å²) < 4.78 is 45.0. The summed E-state index contributed by atoms with van der Waals surface area (Å²) >= 11 is 0. The highest BCUT2D eigenvalue weighted by molar-refractivity contribution is 6.01. The number of aryl methyl sites for hydroxylation is 1. The molecular formula is C34H37F3N6O4. The summed E-state index contributed by atoms with van der Waals surface area (Å²) in [6.07, 6.45) is 1.76. The molecule has 4 aromatic rings. The number of H-pyrrole nitrogens is 1. The summed E-state index contributed by atoms with van der Waals surface area (Å²) in [7, 11) is 3.70. The van der Waals surface area contributed by atoms with E-state index in [9.17, 15) is 27.6 Å². The number of carbonyl (C=O) groups is 3. The number of halogens is 3. The molecule has 248 valence electrons.